The molecule has 1 aromatic carbocycles. The second-order valence-electron chi connectivity index (χ2n) is 6.10. The van der Waals surface area contributed by atoms with E-state index in [0.29, 0.717) is 11.7 Å². The fourth-order valence-electron chi connectivity index (χ4n) is 3.01. The predicted octanol–water partition coefficient (Wildman–Crippen LogP) is 2.73. The van der Waals surface area contributed by atoms with Crippen LogP contribution < -0.4 is 5.32 Å². The van der Waals surface area contributed by atoms with Crippen molar-refractivity contribution in [2.75, 3.05) is 0 Å². The Morgan fingerprint density at radius 2 is 2.04 bits per heavy atom. The van der Waals surface area contributed by atoms with Crippen molar-refractivity contribution in [3.8, 4) is 0 Å². The Hall–Kier alpha value is -1.79. The normalized spacial score (nSPS) is 14.9. The highest BCUT2D eigenvalue weighted by molar-refractivity contribution is 7.98. The molecule has 6 heteroatoms. The van der Waals surface area contributed by atoms with Gasteiger partial charge in [-0.15, -0.1) is 0 Å². The SMILES string of the molecule is O=C(Cn1c(CO)cnc1SCc1ccccc1)NC1CCCC1. The van der Waals surface area contributed by atoms with Crippen LogP contribution in [0.1, 0.15) is 36.9 Å². The summed E-state index contributed by atoms with van der Waals surface area (Å²) in [6.45, 7) is 0.0964. The quantitative estimate of drug-likeness (QED) is 0.757. The van der Waals surface area contributed by atoms with Gasteiger partial charge in [0.25, 0.3) is 0 Å². The predicted molar refractivity (Wildman–Crippen MR) is 94.6 cm³/mol. The van der Waals surface area contributed by atoms with Crippen LogP contribution in [0.15, 0.2) is 41.7 Å². The molecule has 2 N–H and O–H groups in total. The minimum Gasteiger partial charge on any atom is -0.390 e. The van der Waals surface area contributed by atoms with Gasteiger partial charge in [-0.3, -0.25) is 4.79 Å². The molecule has 128 valence electrons. The van der Waals surface area contributed by atoms with E-state index in [0.717, 1.165) is 23.8 Å². The van der Waals surface area contributed by atoms with Gasteiger partial charge in [-0.2, -0.15) is 0 Å². The Balaban J connectivity index is 1.64. The zero-order valence-electron chi connectivity index (χ0n) is 13.6. The van der Waals surface area contributed by atoms with Gasteiger partial charge in [0.2, 0.25) is 5.91 Å². The van der Waals surface area contributed by atoms with Crippen LogP contribution in [0, 0.1) is 0 Å². The fourth-order valence-corrected chi connectivity index (χ4v) is 3.96. The Kier molecular flexibility index (Phi) is 5.93. The van der Waals surface area contributed by atoms with E-state index in [9.17, 15) is 9.90 Å². The summed E-state index contributed by atoms with van der Waals surface area (Å²) in [7, 11) is 0. The van der Waals surface area contributed by atoms with Gasteiger partial charge in [-0.05, 0) is 18.4 Å². The van der Waals surface area contributed by atoms with Gasteiger partial charge in [0.1, 0.15) is 6.54 Å². The van der Waals surface area contributed by atoms with Crippen LogP contribution in [0.4, 0.5) is 0 Å². The molecule has 0 unspecified atom stereocenters. The van der Waals surface area contributed by atoms with Gasteiger partial charge in [-0.1, -0.05) is 54.9 Å². The molecule has 2 aromatic rings. The summed E-state index contributed by atoms with van der Waals surface area (Å²) in [5.41, 5.74) is 1.88. The Morgan fingerprint density at radius 1 is 1.29 bits per heavy atom. The van der Waals surface area contributed by atoms with Crippen molar-refractivity contribution >= 4 is 17.7 Å². The van der Waals surface area contributed by atoms with Crippen LogP contribution in [0.2, 0.25) is 0 Å². The number of hydrogen-bond acceptors (Lipinski definition) is 4. The average molecular weight is 345 g/mol. The average Bonchev–Trinajstić information content (AvgIpc) is 3.24. The summed E-state index contributed by atoms with van der Waals surface area (Å²) in [6, 6.07) is 10.5. The highest BCUT2D eigenvalue weighted by Crippen LogP contribution is 2.23. The standard InChI is InChI=1S/C18H23N3O2S/c22-12-16-10-19-18(24-13-14-6-2-1-3-7-14)21(16)11-17(23)20-15-8-4-5-9-15/h1-3,6-7,10,15,22H,4-5,8-9,11-13H2,(H,20,23). The fraction of sp³-hybridized carbons (Fsp3) is 0.444. The Labute approximate surface area is 146 Å². The second kappa shape index (κ2) is 8.35. The molecule has 1 aliphatic carbocycles. The minimum atomic E-state index is -0.115. The molecule has 0 bridgehead atoms. The molecule has 1 aliphatic rings. The number of aromatic nitrogens is 2. The molecule has 0 radical (unpaired) electrons. The van der Waals surface area contributed by atoms with Crippen molar-refractivity contribution in [2.45, 2.75) is 55.8 Å². The molecule has 1 fully saturated rings. The topological polar surface area (TPSA) is 67.2 Å². The molecule has 1 amide bonds. The molecule has 24 heavy (non-hydrogen) atoms. The molecule has 0 saturated heterocycles. The Bertz CT molecular complexity index is 666. The first-order valence-electron chi connectivity index (χ1n) is 8.37. The summed E-state index contributed by atoms with van der Waals surface area (Å²) < 4.78 is 1.82. The zero-order chi connectivity index (χ0) is 16.8. The molecule has 5 nitrogen and oxygen atoms in total. The van der Waals surface area contributed by atoms with Crippen LogP contribution in [-0.4, -0.2) is 26.6 Å². The summed E-state index contributed by atoms with van der Waals surface area (Å²) in [4.78, 5) is 16.7. The van der Waals surface area contributed by atoms with Crippen LogP contribution in [-0.2, 0) is 23.7 Å². The third-order valence-electron chi connectivity index (χ3n) is 4.30. The largest absolute Gasteiger partial charge is 0.390 e. The molecule has 1 aromatic heterocycles. The zero-order valence-corrected chi connectivity index (χ0v) is 14.5. The third-order valence-corrected chi connectivity index (χ3v) is 5.36. The molecule has 0 atom stereocenters. The van der Waals surface area contributed by atoms with E-state index >= 15 is 0 Å². The number of amides is 1. The molecule has 1 saturated carbocycles. The number of benzene rings is 1. The second-order valence-corrected chi connectivity index (χ2v) is 7.04. The highest BCUT2D eigenvalue weighted by Gasteiger charge is 2.19. The molecule has 0 aliphatic heterocycles. The van der Waals surface area contributed by atoms with E-state index in [4.69, 9.17) is 0 Å². The number of aliphatic hydroxyl groups is 1. The molecular weight excluding hydrogens is 322 g/mol. The van der Waals surface area contributed by atoms with E-state index in [1.165, 1.54) is 18.4 Å². The number of hydrogen-bond donors (Lipinski definition) is 2. The number of thioether (sulfide) groups is 1. The van der Waals surface area contributed by atoms with E-state index < -0.39 is 0 Å². The van der Waals surface area contributed by atoms with Gasteiger partial charge in [-0.25, -0.2) is 4.98 Å². The number of imidazole rings is 1. The van der Waals surface area contributed by atoms with Gasteiger partial charge < -0.3 is 15.0 Å². The summed E-state index contributed by atoms with van der Waals surface area (Å²) in [5.74, 6) is 0.781. The lowest BCUT2D eigenvalue weighted by Gasteiger charge is -2.14. The lowest BCUT2D eigenvalue weighted by molar-refractivity contribution is -0.122. The maximum atomic E-state index is 12.3. The highest BCUT2D eigenvalue weighted by atomic mass is 32.2. The van der Waals surface area contributed by atoms with Crippen molar-refractivity contribution in [3.05, 3.63) is 47.8 Å². The minimum absolute atomic E-state index is 0.00355. The summed E-state index contributed by atoms with van der Waals surface area (Å²) >= 11 is 1.58. The van der Waals surface area contributed by atoms with Crippen molar-refractivity contribution in [3.63, 3.8) is 0 Å². The summed E-state index contributed by atoms with van der Waals surface area (Å²) in [5, 5.41) is 13.4. The Morgan fingerprint density at radius 3 is 2.75 bits per heavy atom. The van der Waals surface area contributed by atoms with Crippen molar-refractivity contribution in [2.24, 2.45) is 0 Å². The molecule has 3 rings (SSSR count). The first kappa shape index (κ1) is 17.0. The van der Waals surface area contributed by atoms with Crippen LogP contribution in [0.3, 0.4) is 0 Å². The number of carbonyl (C=O) groups excluding carboxylic acids is 1. The van der Waals surface area contributed by atoms with E-state index in [2.05, 4.69) is 22.4 Å². The van der Waals surface area contributed by atoms with Gasteiger partial charge in [0.15, 0.2) is 5.16 Å². The number of aliphatic hydroxyl groups excluding tert-OH is 1. The number of nitrogens with zero attached hydrogens (tertiary/aromatic N) is 2. The smallest absolute Gasteiger partial charge is 0.240 e. The first-order valence-corrected chi connectivity index (χ1v) is 9.36. The number of nitrogens with one attached hydrogen (secondary N) is 1. The molecule has 0 spiro atoms. The maximum Gasteiger partial charge on any atom is 0.240 e. The van der Waals surface area contributed by atoms with E-state index in [1.807, 2.05) is 22.8 Å². The van der Waals surface area contributed by atoms with Crippen molar-refractivity contribution in [1.29, 1.82) is 0 Å². The van der Waals surface area contributed by atoms with Gasteiger partial charge >= 0.3 is 0 Å². The molecular formula is C18H23N3O2S. The lowest BCUT2D eigenvalue weighted by Crippen LogP contribution is -2.35. The molecule has 1 heterocycles. The third kappa shape index (κ3) is 4.39. The van der Waals surface area contributed by atoms with Gasteiger partial charge in [0.05, 0.1) is 18.5 Å². The van der Waals surface area contributed by atoms with Crippen LogP contribution in [0.5, 0.6) is 0 Å². The van der Waals surface area contributed by atoms with Crippen molar-refractivity contribution in [1.82, 2.24) is 14.9 Å². The van der Waals surface area contributed by atoms with Crippen LogP contribution in [0.25, 0.3) is 0 Å². The monoisotopic (exact) mass is 345 g/mol. The van der Waals surface area contributed by atoms with E-state index in [-0.39, 0.29) is 19.1 Å². The van der Waals surface area contributed by atoms with Gasteiger partial charge in [0, 0.05) is 11.8 Å². The summed E-state index contributed by atoms with van der Waals surface area (Å²) in [6.07, 6.45) is 6.17. The maximum absolute atomic E-state index is 12.3. The van der Waals surface area contributed by atoms with E-state index in [1.54, 1.807) is 18.0 Å². The van der Waals surface area contributed by atoms with Crippen molar-refractivity contribution < 1.29 is 9.90 Å². The van der Waals surface area contributed by atoms with Crippen LogP contribution >= 0.6 is 11.8 Å². The number of rotatable bonds is 7. The lowest BCUT2D eigenvalue weighted by atomic mass is 10.2. The first-order chi connectivity index (χ1) is 11.8. The number of carbonyl (C=O) groups is 1.